The van der Waals surface area contributed by atoms with E-state index in [2.05, 4.69) is 56.7 Å². The fourth-order valence-corrected chi connectivity index (χ4v) is 4.29. The molecule has 4 rings (SSSR count). The summed E-state index contributed by atoms with van der Waals surface area (Å²) in [7, 11) is 0. The topological polar surface area (TPSA) is 52.6 Å². The molecule has 0 N–H and O–H groups in total. The third kappa shape index (κ3) is 3.81. The van der Waals surface area contributed by atoms with Crippen LogP contribution in [0.4, 0.5) is 11.6 Å². The molecule has 0 spiro atoms. The molecule has 2 aliphatic heterocycles. The molecule has 2 aromatic rings. The van der Waals surface area contributed by atoms with Crippen LogP contribution in [0.15, 0.2) is 36.7 Å². The Morgan fingerprint density at radius 2 is 1.57 bits per heavy atom. The van der Waals surface area contributed by atoms with Crippen molar-refractivity contribution < 1.29 is 4.79 Å². The van der Waals surface area contributed by atoms with Gasteiger partial charge < -0.3 is 14.7 Å². The first-order chi connectivity index (χ1) is 13.6. The highest BCUT2D eigenvalue weighted by Crippen LogP contribution is 2.26. The smallest absolute Gasteiger partial charge is 0.225 e. The summed E-state index contributed by atoms with van der Waals surface area (Å²) in [4.78, 5) is 28.3. The molecule has 0 saturated carbocycles. The van der Waals surface area contributed by atoms with Crippen LogP contribution in [0, 0.1) is 19.8 Å². The first-order valence-electron chi connectivity index (χ1n) is 10.3. The van der Waals surface area contributed by atoms with Gasteiger partial charge in [0.25, 0.3) is 0 Å². The van der Waals surface area contributed by atoms with Crippen LogP contribution in [0.3, 0.4) is 0 Å². The van der Waals surface area contributed by atoms with Gasteiger partial charge in [0.2, 0.25) is 11.9 Å². The predicted octanol–water partition coefficient (Wildman–Crippen LogP) is 2.66. The molecule has 0 radical (unpaired) electrons. The van der Waals surface area contributed by atoms with Crippen molar-refractivity contribution in [2.75, 3.05) is 49.1 Å². The zero-order chi connectivity index (χ0) is 19.5. The number of rotatable bonds is 3. The van der Waals surface area contributed by atoms with Crippen molar-refractivity contribution >= 4 is 17.5 Å². The van der Waals surface area contributed by atoms with Crippen molar-refractivity contribution in [1.82, 2.24) is 14.9 Å². The summed E-state index contributed by atoms with van der Waals surface area (Å²) in [5.74, 6) is 1.23. The summed E-state index contributed by atoms with van der Waals surface area (Å²) in [6, 6.07) is 8.31. The molecule has 2 saturated heterocycles. The van der Waals surface area contributed by atoms with E-state index >= 15 is 0 Å². The molecule has 3 heterocycles. The standard InChI is InChI=1S/C22H29N5O/c1-17-5-3-6-20(18(17)2)25-13-15-26(16-14-25)21(28)19-7-11-27(12-8-19)22-23-9-4-10-24-22/h3-6,9-10,19H,7-8,11-16H2,1-2H3. The highest BCUT2D eigenvalue weighted by molar-refractivity contribution is 5.79. The number of carbonyl (C=O) groups excluding carboxylic acids is 1. The van der Waals surface area contributed by atoms with E-state index in [4.69, 9.17) is 0 Å². The van der Waals surface area contributed by atoms with Crippen molar-refractivity contribution in [3.05, 3.63) is 47.8 Å². The van der Waals surface area contributed by atoms with Crippen LogP contribution >= 0.6 is 0 Å². The van der Waals surface area contributed by atoms with E-state index in [-0.39, 0.29) is 5.92 Å². The Bertz CT molecular complexity index is 809. The van der Waals surface area contributed by atoms with Gasteiger partial charge in [-0.25, -0.2) is 9.97 Å². The summed E-state index contributed by atoms with van der Waals surface area (Å²) in [5, 5.41) is 0. The quantitative estimate of drug-likeness (QED) is 0.821. The van der Waals surface area contributed by atoms with Gasteiger partial charge in [-0.05, 0) is 49.9 Å². The molecule has 2 aliphatic rings. The number of carbonyl (C=O) groups is 1. The van der Waals surface area contributed by atoms with Gasteiger partial charge in [0.05, 0.1) is 0 Å². The van der Waals surface area contributed by atoms with E-state index < -0.39 is 0 Å². The maximum absolute atomic E-state index is 13.0. The summed E-state index contributed by atoms with van der Waals surface area (Å²) in [6.07, 6.45) is 5.31. The molecule has 6 nitrogen and oxygen atoms in total. The lowest BCUT2D eigenvalue weighted by Crippen LogP contribution is -2.52. The number of nitrogens with zero attached hydrogens (tertiary/aromatic N) is 5. The van der Waals surface area contributed by atoms with Crippen LogP contribution in [0.2, 0.25) is 0 Å². The molecule has 0 bridgehead atoms. The molecule has 2 fully saturated rings. The fraction of sp³-hybridized carbons (Fsp3) is 0.500. The zero-order valence-corrected chi connectivity index (χ0v) is 16.8. The zero-order valence-electron chi connectivity index (χ0n) is 16.8. The van der Waals surface area contributed by atoms with Gasteiger partial charge in [-0.2, -0.15) is 0 Å². The number of anilines is 2. The molecule has 6 heteroatoms. The number of hydrogen-bond acceptors (Lipinski definition) is 5. The number of benzene rings is 1. The minimum Gasteiger partial charge on any atom is -0.368 e. The van der Waals surface area contributed by atoms with Crippen LogP contribution in [0.5, 0.6) is 0 Å². The molecule has 1 amide bonds. The van der Waals surface area contributed by atoms with Crippen LogP contribution in [0.1, 0.15) is 24.0 Å². The van der Waals surface area contributed by atoms with Gasteiger partial charge in [-0.15, -0.1) is 0 Å². The number of piperazine rings is 1. The number of hydrogen-bond donors (Lipinski definition) is 0. The van der Waals surface area contributed by atoms with Gasteiger partial charge in [0.1, 0.15) is 0 Å². The van der Waals surface area contributed by atoms with Crippen LogP contribution < -0.4 is 9.80 Å². The Kier molecular flexibility index (Phi) is 5.46. The van der Waals surface area contributed by atoms with Crippen molar-refractivity contribution in [3.63, 3.8) is 0 Å². The third-order valence-electron chi connectivity index (χ3n) is 6.19. The maximum atomic E-state index is 13.0. The minimum atomic E-state index is 0.132. The minimum absolute atomic E-state index is 0.132. The van der Waals surface area contributed by atoms with Crippen LogP contribution in [-0.2, 0) is 4.79 Å². The molecular formula is C22H29N5O. The van der Waals surface area contributed by atoms with E-state index in [1.807, 2.05) is 6.07 Å². The van der Waals surface area contributed by atoms with Crippen molar-refractivity contribution in [2.24, 2.45) is 5.92 Å². The molecule has 148 valence electrons. The van der Waals surface area contributed by atoms with Crippen LogP contribution in [-0.4, -0.2) is 60.0 Å². The average Bonchev–Trinajstić information content (AvgIpc) is 2.76. The van der Waals surface area contributed by atoms with E-state index in [1.165, 1.54) is 16.8 Å². The van der Waals surface area contributed by atoms with Gasteiger partial charge in [-0.3, -0.25) is 4.79 Å². The second-order valence-corrected chi connectivity index (χ2v) is 7.84. The second-order valence-electron chi connectivity index (χ2n) is 7.84. The predicted molar refractivity (Wildman–Crippen MR) is 112 cm³/mol. The largest absolute Gasteiger partial charge is 0.368 e. The van der Waals surface area contributed by atoms with E-state index in [0.29, 0.717) is 5.91 Å². The number of aryl methyl sites for hydroxylation is 1. The first kappa shape index (κ1) is 18.7. The molecule has 1 aromatic carbocycles. The van der Waals surface area contributed by atoms with Crippen molar-refractivity contribution in [1.29, 1.82) is 0 Å². The van der Waals surface area contributed by atoms with Crippen LogP contribution in [0.25, 0.3) is 0 Å². The fourth-order valence-electron chi connectivity index (χ4n) is 4.29. The number of aromatic nitrogens is 2. The summed E-state index contributed by atoms with van der Waals surface area (Å²) < 4.78 is 0. The molecule has 0 unspecified atom stereocenters. The highest BCUT2D eigenvalue weighted by Gasteiger charge is 2.31. The summed E-state index contributed by atoms with van der Waals surface area (Å²) in [5.41, 5.74) is 3.98. The van der Waals surface area contributed by atoms with Gasteiger partial charge in [-0.1, -0.05) is 12.1 Å². The average molecular weight is 380 g/mol. The lowest BCUT2D eigenvalue weighted by Gasteiger charge is -2.40. The Hall–Kier alpha value is -2.63. The number of piperidine rings is 1. The molecular weight excluding hydrogens is 350 g/mol. The summed E-state index contributed by atoms with van der Waals surface area (Å²) >= 11 is 0. The molecule has 0 aliphatic carbocycles. The van der Waals surface area contributed by atoms with Crippen molar-refractivity contribution in [3.8, 4) is 0 Å². The number of amides is 1. The summed E-state index contributed by atoms with van der Waals surface area (Å²) in [6.45, 7) is 9.49. The maximum Gasteiger partial charge on any atom is 0.225 e. The first-order valence-corrected chi connectivity index (χ1v) is 10.3. The van der Waals surface area contributed by atoms with E-state index in [1.54, 1.807) is 12.4 Å². The highest BCUT2D eigenvalue weighted by atomic mass is 16.2. The SMILES string of the molecule is Cc1cccc(N2CCN(C(=O)C3CCN(c4ncccn4)CC3)CC2)c1C. The Morgan fingerprint density at radius 3 is 2.25 bits per heavy atom. The molecule has 0 atom stereocenters. The Balaban J connectivity index is 1.30. The molecule has 28 heavy (non-hydrogen) atoms. The van der Waals surface area contributed by atoms with Gasteiger partial charge in [0, 0.05) is 63.3 Å². The monoisotopic (exact) mass is 379 g/mol. The van der Waals surface area contributed by atoms with Crippen molar-refractivity contribution in [2.45, 2.75) is 26.7 Å². The third-order valence-corrected chi connectivity index (χ3v) is 6.19. The second kappa shape index (κ2) is 8.17. The molecule has 1 aromatic heterocycles. The Labute approximate surface area is 167 Å². The van der Waals surface area contributed by atoms with Gasteiger partial charge in [0.15, 0.2) is 0 Å². The normalized spacial score (nSPS) is 18.4. The lowest BCUT2D eigenvalue weighted by molar-refractivity contribution is -0.136. The van der Waals surface area contributed by atoms with Gasteiger partial charge >= 0.3 is 0 Å². The van der Waals surface area contributed by atoms with E-state index in [0.717, 1.165) is 58.1 Å². The lowest BCUT2D eigenvalue weighted by atomic mass is 9.95. The Morgan fingerprint density at radius 1 is 0.893 bits per heavy atom. The van der Waals surface area contributed by atoms with E-state index in [9.17, 15) is 4.79 Å².